The summed E-state index contributed by atoms with van der Waals surface area (Å²) in [4.78, 5) is 26.3. The Balaban J connectivity index is 1.23. The van der Waals surface area contributed by atoms with E-state index in [0.717, 1.165) is 37.1 Å². The molecule has 2 atom stereocenters. The minimum Gasteiger partial charge on any atom is -0.352 e. The molecule has 0 unspecified atom stereocenters. The first-order chi connectivity index (χ1) is 12.2. The SMILES string of the molecule is O=C1Cc2cc(CCCC(=O)N[C@H]3CCN4CCCC[C@H]34)ccc2N1. The monoisotopic (exact) mass is 341 g/mol. The van der Waals surface area contributed by atoms with Crippen LogP contribution in [0, 0.1) is 0 Å². The molecule has 3 aliphatic heterocycles. The van der Waals surface area contributed by atoms with Gasteiger partial charge >= 0.3 is 0 Å². The van der Waals surface area contributed by atoms with Gasteiger partial charge < -0.3 is 10.6 Å². The number of piperidine rings is 1. The average Bonchev–Trinajstić information content (AvgIpc) is 3.17. The van der Waals surface area contributed by atoms with Crippen LogP contribution < -0.4 is 10.6 Å². The minimum absolute atomic E-state index is 0.0693. The Morgan fingerprint density at radius 2 is 2.16 bits per heavy atom. The molecular weight excluding hydrogens is 314 g/mol. The third-order valence-electron chi connectivity index (χ3n) is 5.87. The minimum atomic E-state index is 0.0693. The van der Waals surface area contributed by atoms with Gasteiger partial charge in [-0.15, -0.1) is 0 Å². The van der Waals surface area contributed by atoms with Crippen LogP contribution in [0.3, 0.4) is 0 Å². The van der Waals surface area contributed by atoms with E-state index in [1.165, 1.54) is 31.4 Å². The van der Waals surface area contributed by atoms with E-state index in [1.807, 2.05) is 6.07 Å². The number of benzene rings is 1. The second-order valence-corrected chi connectivity index (χ2v) is 7.63. The Kier molecular flexibility index (Phi) is 4.75. The first-order valence-electron chi connectivity index (χ1n) is 9.64. The first-order valence-corrected chi connectivity index (χ1v) is 9.64. The number of carbonyl (C=O) groups excluding carboxylic acids is 2. The summed E-state index contributed by atoms with van der Waals surface area (Å²) in [7, 11) is 0. The van der Waals surface area contributed by atoms with Crippen molar-refractivity contribution in [2.75, 3.05) is 18.4 Å². The van der Waals surface area contributed by atoms with Crippen LogP contribution in [0.4, 0.5) is 5.69 Å². The predicted molar refractivity (Wildman–Crippen MR) is 97.5 cm³/mol. The van der Waals surface area contributed by atoms with Crippen LogP contribution in [0.25, 0.3) is 0 Å². The van der Waals surface area contributed by atoms with Crippen LogP contribution in [0.1, 0.15) is 49.7 Å². The van der Waals surface area contributed by atoms with Crippen molar-refractivity contribution in [1.82, 2.24) is 10.2 Å². The van der Waals surface area contributed by atoms with Gasteiger partial charge in [0.25, 0.3) is 0 Å². The maximum Gasteiger partial charge on any atom is 0.228 e. The summed E-state index contributed by atoms with van der Waals surface area (Å²) < 4.78 is 0. The fourth-order valence-corrected chi connectivity index (χ4v) is 4.59. The molecule has 1 aromatic rings. The molecule has 0 saturated carbocycles. The molecule has 2 fully saturated rings. The van der Waals surface area contributed by atoms with Crippen molar-refractivity contribution in [2.24, 2.45) is 0 Å². The van der Waals surface area contributed by atoms with Crippen LogP contribution in [0.5, 0.6) is 0 Å². The lowest BCUT2D eigenvalue weighted by Gasteiger charge is -2.32. The van der Waals surface area contributed by atoms with Crippen molar-refractivity contribution in [1.29, 1.82) is 0 Å². The summed E-state index contributed by atoms with van der Waals surface area (Å²) in [6.45, 7) is 2.34. The zero-order chi connectivity index (χ0) is 17.2. The van der Waals surface area contributed by atoms with E-state index in [2.05, 4.69) is 27.7 Å². The number of nitrogens with zero attached hydrogens (tertiary/aromatic N) is 1. The van der Waals surface area contributed by atoms with Gasteiger partial charge in [-0.1, -0.05) is 18.6 Å². The van der Waals surface area contributed by atoms with Crippen molar-refractivity contribution in [2.45, 2.75) is 63.5 Å². The van der Waals surface area contributed by atoms with Crippen LogP contribution in [0.15, 0.2) is 18.2 Å². The fourth-order valence-electron chi connectivity index (χ4n) is 4.59. The Labute approximate surface area is 149 Å². The Morgan fingerprint density at radius 3 is 3.08 bits per heavy atom. The first kappa shape index (κ1) is 16.6. The van der Waals surface area contributed by atoms with Gasteiger partial charge in [0.1, 0.15) is 0 Å². The topological polar surface area (TPSA) is 61.4 Å². The Hall–Kier alpha value is -1.88. The molecule has 2 N–H and O–H groups in total. The van der Waals surface area contributed by atoms with E-state index in [-0.39, 0.29) is 11.8 Å². The molecule has 2 amide bonds. The third kappa shape index (κ3) is 3.71. The summed E-state index contributed by atoms with van der Waals surface area (Å²) in [5.74, 6) is 0.260. The number of anilines is 1. The lowest BCUT2D eigenvalue weighted by Crippen LogP contribution is -2.46. The Morgan fingerprint density at radius 1 is 1.24 bits per heavy atom. The quantitative estimate of drug-likeness (QED) is 0.863. The van der Waals surface area contributed by atoms with Crippen molar-refractivity contribution in [3.63, 3.8) is 0 Å². The highest BCUT2D eigenvalue weighted by atomic mass is 16.2. The molecule has 1 aromatic carbocycles. The van der Waals surface area contributed by atoms with Crippen LogP contribution in [-0.2, 0) is 22.4 Å². The van der Waals surface area contributed by atoms with E-state index in [0.29, 0.717) is 24.9 Å². The zero-order valence-corrected chi connectivity index (χ0v) is 14.7. The summed E-state index contributed by atoms with van der Waals surface area (Å²) in [6, 6.07) is 7.05. The molecule has 0 radical (unpaired) electrons. The second kappa shape index (κ2) is 7.16. The van der Waals surface area contributed by atoms with Gasteiger partial charge in [0.15, 0.2) is 0 Å². The highest BCUT2D eigenvalue weighted by Crippen LogP contribution is 2.27. The lowest BCUT2D eigenvalue weighted by atomic mass is 9.98. The molecule has 0 spiro atoms. The van der Waals surface area contributed by atoms with Crippen molar-refractivity contribution in [3.8, 4) is 0 Å². The van der Waals surface area contributed by atoms with Gasteiger partial charge in [0.05, 0.1) is 6.42 Å². The molecule has 4 rings (SSSR count). The number of hydrogen-bond acceptors (Lipinski definition) is 3. The normalized spacial score (nSPS) is 25.4. The van der Waals surface area contributed by atoms with E-state index in [1.54, 1.807) is 0 Å². The van der Waals surface area contributed by atoms with Gasteiger partial charge in [-0.3, -0.25) is 14.5 Å². The fraction of sp³-hybridized carbons (Fsp3) is 0.600. The second-order valence-electron chi connectivity index (χ2n) is 7.63. The molecule has 5 nitrogen and oxygen atoms in total. The molecule has 0 aromatic heterocycles. The number of carbonyl (C=O) groups is 2. The molecule has 25 heavy (non-hydrogen) atoms. The van der Waals surface area contributed by atoms with Crippen molar-refractivity contribution in [3.05, 3.63) is 29.3 Å². The van der Waals surface area contributed by atoms with E-state index < -0.39 is 0 Å². The number of aryl methyl sites for hydroxylation is 1. The number of fused-ring (bicyclic) bond motifs is 2. The number of nitrogens with one attached hydrogen (secondary N) is 2. The highest BCUT2D eigenvalue weighted by Gasteiger charge is 2.35. The smallest absolute Gasteiger partial charge is 0.228 e. The summed E-state index contributed by atoms with van der Waals surface area (Å²) in [6.07, 6.45) is 7.72. The number of amides is 2. The molecule has 0 bridgehead atoms. The maximum absolute atomic E-state index is 12.3. The summed E-state index contributed by atoms with van der Waals surface area (Å²) in [5, 5.41) is 6.13. The van der Waals surface area contributed by atoms with E-state index in [9.17, 15) is 9.59 Å². The van der Waals surface area contributed by atoms with E-state index in [4.69, 9.17) is 0 Å². The summed E-state index contributed by atoms with van der Waals surface area (Å²) in [5.41, 5.74) is 3.22. The number of rotatable bonds is 5. The lowest BCUT2D eigenvalue weighted by molar-refractivity contribution is -0.122. The zero-order valence-electron chi connectivity index (χ0n) is 14.7. The molecule has 0 aliphatic carbocycles. The largest absolute Gasteiger partial charge is 0.352 e. The third-order valence-corrected chi connectivity index (χ3v) is 5.87. The highest BCUT2D eigenvalue weighted by molar-refractivity contribution is 5.99. The van der Waals surface area contributed by atoms with Gasteiger partial charge in [-0.25, -0.2) is 0 Å². The number of hydrogen-bond donors (Lipinski definition) is 2. The van der Waals surface area contributed by atoms with E-state index >= 15 is 0 Å². The van der Waals surface area contributed by atoms with Crippen LogP contribution in [0.2, 0.25) is 0 Å². The maximum atomic E-state index is 12.3. The van der Waals surface area contributed by atoms with Gasteiger partial charge in [0.2, 0.25) is 11.8 Å². The standard InChI is InChI=1S/C20H27N3O2/c24-19(22-17-9-11-23-10-2-1-5-18(17)23)6-3-4-14-7-8-16-15(12-14)13-20(25)21-16/h7-8,12,17-18H,1-6,9-11,13H2,(H,21,25)(H,22,24)/t17-,18+/m0/s1. The van der Waals surface area contributed by atoms with Gasteiger partial charge in [-0.2, -0.15) is 0 Å². The van der Waals surface area contributed by atoms with Crippen molar-refractivity contribution < 1.29 is 9.59 Å². The van der Waals surface area contributed by atoms with Crippen molar-refractivity contribution >= 4 is 17.5 Å². The molecule has 134 valence electrons. The molecule has 3 heterocycles. The molecule has 2 saturated heterocycles. The molecule has 3 aliphatic rings. The summed E-state index contributed by atoms with van der Waals surface area (Å²) >= 11 is 0. The predicted octanol–water partition coefficient (Wildman–Crippen LogP) is 2.25. The Bertz CT molecular complexity index is 673. The average molecular weight is 341 g/mol. The van der Waals surface area contributed by atoms with Gasteiger partial charge in [-0.05, 0) is 55.8 Å². The van der Waals surface area contributed by atoms with Gasteiger partial charge in [0, 0.05) is 30.7 Å². The van der Waals surface area contributed by atoms with Crippen LogP contribution in [-0.4, -0.2) is 41.9 Å². The van der Waals surface area contributed by atoms with Crippen LogP contribution >= 0.6 is 0 Å². The molecular formula is C20H27N3O2. The molecule has 5 heteroatoms.